The molecule has 0 aromatic heterocycles. The van der Waals surface area contributed by atoms with E-state index in [1.807, 2.05) is 45.1 Å². The van der Waals surface area contributed by atoms with Gasteiger partial charge in [-0.3, -0.25) is 0 Å². The van der Waals surface area contributed by atoms with Gasteiger partial charge in [0, 0.05) is 5.70 Å². The highest BCUT2D eigenvalue weighted by molar-refractivity contribution is 5.28. The molecule has 0 aromatic rings. The minimum Gasteiger partial charge on any atom is -0.399 e. The third kappa shape index (κ3) is 3.13. The lowest BCUT2D eigenvalue weighted by molar-refractivity contribution is 1.31. The van der Waals surface area contributed by atoms with Gasteiger partial charge in [0.2, 0.25) is 0 Å². The lowest BCUT2D eigenvalue weighted by Crippen LogP contribution is -1.95. The van der Waals surface area contributed by atoms with Crippen molar-refractivity contribution in [1.82, 2.24) is 0 Å². The van der Waals surface area contributed by atoms with Crippen LogP contribution in [0.1, 0.15) is 20.8 Å². The normalized spacial score (nSPS) is 14.7. The smallest absolute Gasteiger partial charge is 0.0340 e. The zero-order chi connectivity index (χ0) is 7.98. The first-order chi connectivity index (χ1) is 4.72. The molecule has 0 saturated heterocycles. The molecule has 10 heavy (non-hydrogen) atoms. The van der Waals surface area contributed by atoms with Gasteiger partial charge in [0.15, 0.2) is 0 Å². The van der Waals surface area contributed by atoms with E-state index in [0.717, 1.165) is 11.3 Å². The highest BCUT2D eigenvalue weighted by Gasteiger charge is 1.85. The lowest BCUT2D eigenvalue weighted by atomic mass is 10.2. The van der Waals surface area contributed by atoms with Crippen LogP contribution in [0.4, 0.5) is 0 Å². The summed E-state index contributed by atoms with van der Waals surface area (Å²) in [5.41, 5.74) is 7.60. The van der Waals surface area contributed by atoms with Crippen LogP contribution >= 0.6 is 0 Å². The first-order valence-corrected chi connectivity index (χ1v) is 3.44. The Kier molecular flexibility index (Phi) is 4.38. The Hall–Kier alpha value is -0.980. The molecule has 2 N–H and O–H groups in total. The van der Waals surface area contributed by atoms with Crippen LogP contribution in [0.5, 0.6) is 0 Å². The molecule has 1 nitrogen and oxygen atoms in total. The maximum atomic E-state index is 5.66. The van der Waals surface area contributed by atoms with Gasteiger partial charge in [-0.05, 0) is 32.4 Å². The fourth-order valence-electron chi connectivity index (χ4n) is 0.657. The second-order valence-electron chi connectivity index (χ2n) is 2.14. The first kappa shape index (κ1) is 9.02. The molecule has 0 radical (unpaired) electrons. The van der Waals surface area contributed by atoms with Gasteiger partial charge in [0.25, 0.3) is 0 Å². The van der Waals surface area contributed by atoms with E-state index >= 15 is 0 Å². The molecule has 0 aliphatic rings. The summed E-state index contributed by atoms with van der Waals surface area (Å²) >= 11 is 0. The van der Waals surface area contributed by atoms with Gasteiger partial charge in [-0.1, -0.05) is 18.2 Å². The van der Waals surface area contributed by atoms with Gasteiger partial charge in [-0.2, -0.15) is 0 Å². The third-order valence-corrected chi connectivity index (χ3v) is 1.22. The van der Waals surface area contributed by atoms with Gasteiger partial charge >= 0.3 is 0 Å². The molecule has 0 aromatic carbocycles. The van der Waals surface area contributed by atoms with Crippen molar-refractivity contribution in [2.24, 2.45) is 5.73 Å². The highest BCUT2D eigenvalue weighted by atomic mass is 14.6. The van der Waals surface area contributed by atoms with E-state index in [-0.39, 0.29) is 0 Å². The summed E-state index contributed by atoms with van der Waals surface area (Å²) in [6, 6.07) is 0. The van der Waals surface area contributed by atoms with Crippen molar-refractivity contribution in [3.8, 4) is 0 Å². The van der Waals surface area contributed by atoms with Crippen LogP contribution in [0.3, 0.4) is 0 Å². The van der Waals surface area contributed by atoms with Crippen molar-refractivity contribution in [2.45, 2.75) is 20.8 Å². The van der Waals surface area contributed by atoms with Crippen LogP contribution in [0.15, 0.2) is 35.6 Å². The van der Waals surface area contributed by atoms with Crippen molar-refractivity contribution in [3.05, 3.63) is 35.6 Å². The standard InChI is InChI=1S/C9H15N/c1-4-6-8(3)9(10)7-5-2/h4-7H,10H2,1-3H3/b6-4+,7-5-,9-8+. The van der Waals surface area contributed by atoms with Crippen LogP contribution in [0.25, 0.3) is 0 Å². The maximum absolute atomic E-state index is 5.66. The predicted octanol–water partition coefficient (Wildman–Crippen LogP) is 2.37. The molecule has 56 valence electrons. The molecule has 0 spiro atoms. The van der Waals surface area contributed by atoms with E-state index < -0.39 is 0 Å². The molecular formula is C9H15N. The van der Waals surface area contributed by atoms with Gasteiger partial charge in [0.1, 0.15) is 0 Å². The van der Waals surface area contributed by atoms with Gasteiger partial charge in [-0.25, -0.2) is 0 Å². The Morgan fingerprint density at radius 2 is 1.60 bits per heavy atom. The summed E-state index contributed by atoms with van der Waals surface area (Å²) < 4.78 is 0. The SMILES string of the molecule is C\C=C/C(N)=C(C)\C=C\C. The minimum atomic E-state index is 0.834. The zero-order valence-electron chi connectivity index (χ0n) is 6.89. The summed E-state index contributed by atoms with van der Waals surface area (Å²) in [4.78, 5) is 0. The van der Waals surface area contributed by atoms with E-state index in [9.17, 15) is 0 Å². The Balaban J connectivity index is 4.33. The fraction of sp³-hybridized carbons (Fsp3) is 0.333. The molecule has 0 amide bonds. The minimum absolute atomic E-state index is 0.834. The average molecular weight is 137 g/mol. The summed E-state index contributed by atoms with van der Waals surface area (Å²) in [5.74, 6) is 0. The molecule has 0 fully saturated rings. The van der Waals surface area contributed by atoms with Crippen LogP contribution in [0.2, 0.25) is 0 Å². The maximum Gasteiger partial charge on any atom is 0.0340 e. The molecule has 1 heteroatoms. The molecule has 0 rings (SSSR count). The topological polar surface area (TPSA) is 26.0 Å². The fourth-order valence-corrected chi connectivity index (χ4v) is 0.657. The summed E-state index contributed by atoms with van der Waals surface area (Å²) in [7, 11) is 0. The quantitative estimate of drug-likeness (QED) is 0.581. The average Bonchev–Trinajstić information content (AvgIpc) is 1.89. The van der Waals surface area contributed by atoms with Crippen LogP contribution in [-0.4, -0.2) is 0 Å². The number of hydrogen-bond acceptors (Lipinski definition) is 1. The molecule has 0 atom stereocenters. The molecule has 0 heterocycles. The number of rotatable bonds is 2. The summed E-state index contributed by atoms with van der Waals surface area (Å²) in [6.45, 7) is 5.93. The molecule has 0 saturated carbocycles. The van der Waals surface area contributed by atoms with Gasteiger partial charge in [0.05, 0.1) is 0 Å². The molecule has 0 bridgehead atoms. The highest BCUT2D eigenvalue weighted by Crippen LogP contribution is 2.00. The summed E-state index contributed by atoms with van der Waals surface area (Å²) in [5, 5.41) is 0. The number of allylic oxidation sites excluding steroid dienone is 5. The number of nitrogens with two attached hydrogens (primary N) is 1. The van der Waals surface area contributed by atoms with Crippen molar-refractivity contribution in [2.75, 3.05) is 0 Å². The predicted molar refractivity (Wildman–Crippen MR) is 46.5 cm³/mol. The molecule has 0 aliphatic heterocycles. The van der Waals surface area contributed by atoms with Crippen molar-refractivity contribution >= 4 is 0 Å². The molecule has 0 aliphatic carbocycles. The molecular weight excluding hydrogens is 122 g/mol. The number of hydrogen-bond donors (Lipinski definition) is 1. The zero-order valence-corrected chi connectivity index (χ0v) is 6.89. The van der Waals surface area contributed by atoms with Crippen LogP contribution < -0.4 is 5.73 Å². The Morgan fingerprint density at radius 3 is 2.00 bits per heavy atom. The molecule has 0 unspecified atom stereocenters. The van der Waals surface area contributed by atoms with Gasteiger partial charge < -0.3 is 5.73 Å². The lowest BCUT2D eigenvalue weighted by Gasteiger charge is -1.95. The van der Waals surface area contributed by atoms with E-state index in [2.05, 4.69) is 0 Å². The van der Waals surface area contributed by atoms with Crippen LogP contribution in [-0.2, 0) is 0 Å². The first-order valence-electron chi connectivity index (χ1n) is 3.44. The van der Waals surface area contributed by atoms with Crippen LogP contribution in [0, 0.1) is 0 Å². The van der Waals surface area contributed by atoms with Crippen molar-refractivity contribution in [1.29, 1.82) is 0 Å². The Morgan fingerprint density at radius 1 is 1.10 bits per heavy atom. The van der Waals surface area contributed by atoms with E-state index in [4.69, 9.17) is 5.73 Å². The third-order valence-electron chi connectivity index (χ3n) is 1.22. The van der Waals surface area contributed by atoms with E-state index in [1.54, 1.807) is 0 Å². The Labute approximate surface area is 62.9 Å². The van der Waals surface area contributed by atoms with Gasteiger partial charge in [-0.15, -0.1) is 0 Å². The Bertz CT molecular complexity index is 153. The van der Waals surface area contributed by atoms with E-state index in [1.165, 1.54) is 0 Å². The van der Waals surface area contributed by atoms with E-state index in [0.29, 0.717) is 0 Å². The summed E-state index contributed by atoms with van der Waals surface area (Å²) in [6.07, 6.45) is 7.80. The monoisotopic (exact) mass is 137 g/mol. The second-order valence-corrected chi connectivity index (χ2v) is 2.14. The van der Waals surface area contributed by atoms with Crippen molar-refractivity contribution in [3.63, 3.8) is 0 Å². The largest absolute Gasteiger partial charge is 0.399 e. The van der Waals surface area contributed by atoms with Crippen molar-refractivity contribution < 1.29 is 0 Å². The second kappa shape index (κ2) is 4.86.